The van der Waals surface area contributed by atoms with Gasteiger partial charge < -0.3 is 14.8 Å². The van der Waals surface area contributed by atoms with Crippen molar-refractivity contribution in [2.45, 2.75) is 51.9 Å². The van der Waals surface area contributed by atoms with Gasteiger partial charge in [0, 0.05) is 35.5 Å². The summed E-state index contributed by atoms with van der Waals surface area (Å²) in [6.07, 6.45) is 2.73. The van der Waals surface area contributed by atoms with Crippen molar-refractivity contribution in [2.75, 3.05) is 13.2 Å². The minimum atomic E-state index is 0.213. The van der Waals surface area contributed by atoms with Gasteiger partial charge in [-0.1, -0.05) is 29.8 Å². The highest BCUT2D eigenvalue weighted by Gasteiger charge is 2.48. The average molecular weight is 354 g/mol. The van der Waals surface area contributed by atoms with Crippen molar-refractivity contribution in [3.05, 3.63) is 28.2 Å². The van der Waals surface area contributed by atoms with Gasteiger partial charge in [-0.3, -0.25) is 0 Å². The van der Waals surface area contributed by atoms with E-state index in [0.717, 1.165) is 36.2 Å². The molecule has 4 heteroatoms. The van der Waals surface area contributed by atoms with Gasteiger partial charge in [0.15, 0.2) is 0 Å². The molecule has 3 unspecified atom stereocenters. The monoisotopic (exact) mass is 353 g/mol. The van der Waals surface area contributed by atoms with Crippen LogP contribution < -0.4 is 10.1 Å². The van der Waals surface area contributed by atoms with E-state index < -0.39 is 0 Å². The molecule has 1 aromatic rings. The number of nitrogens with one attached hydrogen (secondary N) is 1. The van der Waals surface area contributed by atoms with E-state index in [1.807, 2.05) is 6.07 Å². The number of halogens is 1. The Morgan fingerprint density at radius 2 is 2.24 bits per heavy atom. The molecule has 1 heterocycles. The lowest BCUT2D eigenvalue weighted by atomic mass is 9.64. The Bertz CT molecular complexity index is 518. The van der Waals surface area contributed by atoms with E-state index in [9.17, 15) is 0 Å². The zero-order chi connectivity index (χ0) is 15.0. The van der Waals surface area contributed by atoms with Crippen molar-refractivity contribution in [1.29, 1.82) is 0 Å². The van der Waals surface area contributed by atoms with Crippen LogP contribution in [0.25, 0.3) is 0 Å². The molecule has 0 saturated heterocycles. The maximum atomic E-state index is 6.01. The van der Waals surface area contributed by atoms with Crippen LogP contribution in [0.1, 0.15) is 32.8 Å². The molecule has 0 amide bonds. The summed E-state index contributed by atoms with van der Waals surface area (Å²) in [6.45, 7) is 8.35. The van der Waals surface area contributed by atoms with E-state index in [4.69, 9.17) is 9.47 Å². The molecule has 1 aliphatic heterocycles. The topological polar surface area (TPSA) is 30.5 Å². The Morgan fingerprint density at radius 1 is 1.43 bits per heavy atom. The highest BCUT2D eigenvalue weighted by molar-refractivity contribution is 9.10. The molecule has 3 nitrogen and oxygen atoms in total. The Kier molecular flexibility index (Phi) is 4.30. The van der Waals surface area contributed by atoms with Crippen LogP contribution >= 0.6 is 15.9 Å². The number of benzene rings is 1. The summed E-state index contributed by atoms with van der Waals surface area (Å²) in [4.78, 5) is 0. The van der Waals surface area contributed by atoms with Gasteiger partial charge in [-0.15, -0.1) is 0 Å². The lowest BCUT2D eigenvalue weighted by molar-refractivity contribution is -0.115. The summed E-state index contributed by atoms with van der Waals surface area (Å²) in [7, 11) is 0. The molecule has 1 aromatic carbocycles. The molecular formula is C17H24BrNO2. The second-order valence-electron chi connectivity index (χ2n) is 6.66. The van der Waals surface area contributed by atoms with Gasteiger partial charge >= 0.3 is 0 Å². The molecule has 1 fully saturated rings. The standard InChI is InChI=1S/C17H24BrNO2/c1-4-20-16-9-15(17(16,2)3)19-10-13-8-11-7-12(18)5-6-14(11)21-13/h5-7,13,15-16,19H,4,8-10H2,1-3H3. The van der Waals surface area contributed by atoms with Crippen LogP contribution in [-0.2, 0) is 11.2 Å². The Hall–Kier alpha value is -0.580. The molecule has 1 saturated carbocycles. The fourth-order valence-electron chi connectivity index (χ4n) is 3.39. The average Bonchev–Trinajstić information content (AvgIpc) is 2.83. The molecule has 0 bridgehead atoms. The van der Waals surface area contributed by atoms with Gasteiger partial charge in [0.25, 0.3) is 0 Å². The molecule has 1 N–H and O–H groups in total. The van der Waals surface area contributed by atoms with Crippen molar-refractivity contribution < 1.29 is 9.47 Å². The van der Waals surface area contributed by atoms with E-state index in [0.29, 0.717) is 12.1 Å². The van der Waals surface area contributed by atoms with Crippen molar-refractivity contribution in [3.63, 3.8) is 0 Å². The second-order valence-corrected chi connectivity index (χ2v) is 7.57. The highest BCUT2D eigenvalue weighted by atomic mass is 79.9. The maximum Gasteiger partial charge on any atom is 0.123 e. The summed E-state index contributed by atoms with van der Waals surface area (Å²) in [5, 5.41) is 3.67. The number of ether oxygens (including phenoxy) is 2. The number of hydrogen-bond acceptors (Lipinski definition) is 3. The van der Waals surface area contributed by atoms with Crippen LogP contribution in [0.5, 0.6) is 5.75 Å². The molecule has 1 aliphatic carbocycles. The van der Waals surface area contributed by atoms with Crippen molar-refractivity contribution >= 4 is 15.9 Å². The van der Waals surface area contributed by atoms with E-state index in [1.54, 1.807) is 0 Å². The largest absolute Gasteiger partial charge is 0.488 e. The van der Waals surface area contributed by atoms with Crippen LogP contribution in [0.2, 0.25) is 0 Å². The first-order valence-electron chi connectivity index (χ1n) is 7.80. The Morgan fingerprint density at radius 3 is 2.95 bits per heavy atom. The summed E-state index contributed by atoms with van der Waals surface area (Å²) < 4.78 is 12.9. The third-order valence-electron chi connectivity index (χ3n) is 4.90. The molecule has 21 heavy (non-hydrogen) atoms. The molecule has 116 valence electrons. The first kappa shape index (κ1) is 15.3. The third-order valence-corrected chi connectivity index (χ3v) is 5.39. The smallest absolute Gasteiger partial charge is 0.123 e. The minimum Gasteiger partial charge on any atom is -0.488 e. The van der Waals surface area contributed by atoms with Crippen LogP contribution in [-0.4, -0.2) is 31.4 Å². The predicted octanol–water partition coefficient (Wildman–Crippen LogP) is 3.55. The van der Waals surface area contributed by atoms with Gasteiger partial charge in [-0.25, -0.2) is 0 Å². The molecule has 0 radical (unpaired) electrons. The van der Waals surface area contributed by atoms with Gasteiger partial charge in [0.05, 0.1) is 6.10 Å². The summed E-state index contributed by atoms with van der Waals surface area (Å²) in [5.41, 5.74) is 1.51. The van der Waals surface area contributed by atoms with E-state index in [1.165, 1.54) is 5.56 Å². The van der Waals surface area contributed by atoms with Crippen LogP contribution in [0.15, 0.2) is 22.7 Å². The van der Waals surface area contributed by atoms with Gasteiger partial charge in [-0.05, 0) is 37.1 Å². The zero-order valence-electron chi connectivity index (χ0n) is 13.0. The van der Waals surface area contributed by atoms with E-state index in [-0.39, 0.29) is 11.5 Å². The SMILES string of the molecule is CCOC1CC(NCC2Cc3cc(Br)ccc3O2)C1(C)C. The van der Waals surface area contributed by atoms with Crippen LogP contribution in [0, 0.1) is 5.41 Å². The maximum absolute atomic E-state index is 6.01. The second kappa shape index (κ2) is 5.90. The van der Waals surface area contributed by atoms with E-state index in [2.05, 4.69) is 54.2 Å². The number of fused-ring (bicyclic) bond motifs is 1. The summed E-state index contributed by atoms with van der Waals surface area (Å²) in [5.74, 6) is 1.03. The molecular weight excluding hydrogens is 330 g/mol. The van der Waals surface area contributed by atoms with Crippen LogP contribution in [0.4, 0.5) is 0 Å². The predicted molar refractivity (Wildman–Crippen MR) is 87.9 cm³/mol. The van der Waals surface area contributed by atoms with Crippen molar-refractivity contribution in [1.82, 2.24) is 5.32 Å². The summed E-state index contributed by atoms with van der Waals surface area (Å²) >= 11 is 3.52. The quantitative estimate of drug-likeness (QED) is 0.877. The van der Waals surface area contributed by atoms with Crippen molar-refractivity contribution in [2.24, 2.45) is 5.41 Å². The highest BCUT2D eigenvalue weighted by Crippen LogP contribution is 2.42. The Labute approximate surface area is 135 Å². The third kappa shape index (κ3) is 2.99. The molecule has 0 aromatic heterocycles. The number of hydrogen-bond donors (Lipinski definition) is 1. The minimum absolute atomic E-state index is 0.213. The first-order chi connectivity index (χ1) is 10.0. The fourth-order valence-corrected chi connectivity index (χ4v) is 3.80. The lowest BCUT2D eigenvalue weighted by Crippen LogP contribution is -2.61. The van der Waals surface area contributed by atoms with Gasteiger partial charge in [0.2, 0.25) is 0 Å². The molecule has 2 aliphatic rings. The molecule has 0 spiro atoms. The summed E-state index contributed by atoms with van der Waals surface area (Å²) in [6, 6.07) is 6.77. The van der Waals surface area contributed by atoms with Crippen LogP contribution in [0.3, 0.4) is 0 Å². The van der Waals surface area contributed by atoms with Gasteiger partial charge in [-0.2, -0.15) is 0 Å². The number of rotatable bonds is 5. The normalized spacial score (nSPS) is 29.6. The lowest BCUT2D eigenvalue weighted by Gasteiger charge is -2.52. The zero-order valence-corrected chi connectivity index (χ0v) is 14.6. The first-order valence-corrected chi connectivity index (χ1v) is 8.60. The fraction of sp³-hybridized carbons (Fsp3) is 0.647. The van der Waals surface area contributed by atoms with Crippen molar-refractivity contribution in [3.8, 4) is 5.75 Å². The molecule has 3 rings (SSSR count). The van der Waals surface area contributed by atoms with Gasteiger partial charge in [0.1, 0.15) is 11.9 Å². The Balaban J connectivity index is 1.50. The van der Waals surface area contributed by atoms with E-state index >= 15 is 0 Å². The molecule has 3 atom stereocenters.